The van der Waals surface area contributed by atoms with E-state index < -0.39 is 31.3 Å². The van der Waals surface area contributed by atoms with Crippen molar-refractivity contribution in [1.29, 1.82) is 0 Å². The van der Waals surface area contributed by atoms with E-state index in [9.17, 15) is 22.8 Å². The number of nitrogens with one attached hydrogen (secondary N) is 2. The van der Waals surface area contributed by atoms with Crippen molar-refractivity contribution in [2.75, 3.05) is 57.3 Å². The molecule has 0 spiro atoms. The fourth-order valence-electron chi connectivity index (χ4n) is 3.00. The number of carbonyl (C=O) groups excluding carboxylic acids is 2. The highest BCUT2D eigenvalue weighted by molar-refractivity contribution is 5.82. The first-order valence-corrected chi connectivity index (χ1v) is 9.51. The van der Waals surface area contributed by atoms with E-state index in [-0.39, 0.29) is 0 Å². The molecule has 1 fully saturated rings. The van der Waals surface area contributed by atoms with Gasteiger partial charge in [0, 0.05) is 38.4 Å². The molecule has 162 valence electrons. The molecule has 2 N–H and O–H groups in total. The highest BCUT2D eigenvalue weighted by Gasteiger charge is 2.29. The summed E-state index contributed by atoms with van der Waals surface area (Å²) in [6, 6.07) is 8.43. The minimum Gasteiger partial charge on any atom is -0.440 e. The average molecular weight is 416 g/mol. The lowest BCUT2D eigenvalue weighted by Crippen LogP contribution is -2.47. The number of hydrogen-bond donors (Lipinski definition) is 2. The quantitative estimate of drug-likeness (QED) is 0.634. The Labute approximate surface area is 168 Å². The van der Waals surface area contributed by atoms with Crippen molar-refractivity contribution in [2.45, 2.75) is 19.5 Å². The Balaban J connectivity index is 1.53. The Bertz CT molecular complexity index is 677. The van der Waals surface area contributed by atoms with E-state index in [4.69, 9.17) is 0 Å². The molecule has 2 rings (SSSR count). The van der Waals surface area contributed by atoms with Gasteiger partial charge in [-0.15, -0.1) is 0 Å². The molecule has 0 saturated carbocycles. The van der Waals surface area contributed by atoms with E-state index >= 15 is 0 Å². The number of hydrogen-bond acceptors (Lipinski definition) is 5. The third-order valence-electron chi connectivity index (χ3n) is 4.47. The van der Waals surface area contributed by atoms with Gasteiger partial charge in [-0.1, -0.05) is 12.1 Å². The van der Waals surface area contributed by atoms with Crippen LogP contribution < -0.4 is 15.5 Å². The molecule has 7 nitrogen and oxygen atoms in total. The van der Waals surface area contributed by atoms with Crippen LogP contribution in [0.15, 0.2) is 24.3 Å². The predicted octanol–water partition coefficient (Wildman–Crippen LogP) is 1.91. The number of halogens is 3. The third kappa shape index (κ3) is 9.03. The van der Waals surface area contributed by atoms with Gasteiger partial charge < -0.3 is 20.3 Å². The maximum Gasteiger partial charge on any atom is 0.422 e. The Morgan fingerprint density at radius 2 is 1.86 bits per heavy atom. The number of piperazine rings is 1. The van der Waals surface area contributed by atoms with Crippen LogP contribution in [0.5, 0.6) is 0 Å². The molecular formula is C19H27F3N4O3. The van der Waals surface area contributed by atoms with Gasteiger partial charge in [0.25, 0.3) is 0 Å². The van der Waals surface area contributed by atoms with Crippen LogP contribution in [0.3, 0.4) is 0 Å². The Morgan fingerprint density at radius 1 is 1.14 bits per heavy atom. The maximum absolute atomic E-state index is 11.9. The number of rotatable bonds is 8. The fourth-order valence-corrected chi connectivity index (χ4v) is 3.00. The van der Waals surface area contributed by atoms with Gasteiger partial charge in [0.15, 0.2) is 6.61 Å². The molecule has 1 aliphatic heterocycles. The summed E-state index contributed by atoms with van der Waals surface area (Å²) in [5.41, 5.74) is 2.47. The van der Waals surface area contributed by atoms with E-state index in [1.165, 1.54) is 11.3 Å². The van der Waals surface area contributed by atoms with Crippen molar-refractivity contribution in [1.82, 2.24) is 15.5 Å². The lowest BCUT2D eigenvalue weighted by Gasteiger charge is -2.36. The van der Waals surface area contributed by atoms with Crippen molar-refractivity contribution in [2.24, 2.45) is 0 Å². The SMILES string of the molecule is Cc1cccc(N2CCN(CCCNC(=O)CNC(=O)OCC(F)(F)F)CC2)c1. The number of benzene rings is 1. The molecule has 0 aliphatic carbocycles. The minimum absolute atomic E-state index is 0.425. The number of ether oxygens (including phenoxy) is 1. The lowest BCUT2D eigenvalue weighted by molar-refractivity contribution is -0.160. The summed E-state index contributed by atoms with van der Waals surface area (Å²) in [7, 11) is 0. The molecule has 1 aromatic carbocycles. The molecule has 1 heterocycles. The molecular weight excluding hydrogens is 389 g/mol. The summed E-state index contributed by atoms with van der Waals surface area (Å²) >= 11 is 0. The minimum atomic E-state index is -4.59. The van der Waals surface area contributed by atoms with Gasteiger partial charge in [0.1, 0.15) is 0 Å². The second-order valence-corrected chi connectivity index (χ2v) is 6.92. The van der Waals surface area contributed by atoms with Crippen LogP contribution in [-0.2, 0) is 9.53 Å². The van der Waals surface area contributed by atoms with Crippen LogP contribution in [0.1, 0.15) is 12.0 Å². The zero-order valence-electron chi connectivity index (χ0n) is 16.4. The molecule has 0 radical (unpaired) electrons. The zero-order valence-corrected chi connectivity index (χ0v) is 16.4. The summed E-state index contributed by atoms with van der Waals surface area (Å²) in [4.78, 5) is 27.3. The van der Waals surface area contributed by atoms with Crippen LogP contribution in [-0.4, -0.2) is 75.5 Å². The molecule has 0 atom stereocenters. The summed E-state index contributed by atoms with van der Waals surface area (Å²) in [6.45, 7) is 5.00. The Kier molecular flexibility index (Phi) is 8.56. The number of alkyl carbamates (subject to hydrolysis) is 1. The van der Waals surface area contributed by atoms with Gasteiger partial charge in [-0.3, -0.25) is 9.69 Å². The molecule has 1 aliphatic rings. The van der Waals surface area contributed by atoms with Crippen LogP contribution in [0.25, 0.3) is 0 Å². The average Bonchev–Trinajstić information content (AvgIpc) is 2.68. The Hall–Kier alpha value is -2.49. The zero-order chi connectivity index (χ0) is 21.3. The van der Waals surface area contributed by atoms with Crippen LogP contribution in [0, 0.1) is 6.92 Å². The third-order valence-corrected chi connectivity index (χ3v) is 4.47. The first kappa shape index (κ1) is 22.8. The van der Waals surface area contributed by atoms with Crippen molar-refractivity contribution >= 4 is 17.7 Å². The van der Waals surface area contributed by atoms with Crippen molar-refractivity contribution in [3.8, 4) is 0 Å². The van der Waals surface area contributed by atoms with Crippen molar-refractivity contribution in [3.05, 3.63) is 29.8 Å². The lowest BCUT2D eigenvalue weighted by atomic mass is 10.2. The number of anilines is 1. The highest BCUT2D eigenvalue weighted by atomic mass is 19.4. The van der Waals surface area contributed by atoms with Crippen LogP contribution >= 0.6 is 0 Å². The van der Waals surface area contributed by atoms with Gasteiger partial charge in [-0.2, -0.15) is 13.2 Å². The van der Waals surface area contributed by atoms with E-state index in [0.717, 1.165) is 39.1 Å². The second kappa shape index (κ2) is 10.9. The molecule has 1 saturated heterocycles. The monoisotopic (exact) mass is 416 g/mol. The van der Waals surface area contributed by atoms with Gasteiger partial charge in [0.05, 0.1) is 6.54 Å². The molecule has 29 heavy (non-hydrogen) atoms. The van der Waals surface area contributed by atoms with Gasteiger partial charge in [-0.05, 0) is 37.6 Å². The second-order valence-electron chi connectivity index (χ2n) is 6.92. The number of carbonyl (C=O) groups is 2. The van der Waals surface area contributed by atoms with Crippen LogP contribution in [0.2, 0.25) is 0 Å². The van der Waals surface area contributed by atoms with Gasteiger partial charge in [-0.25, -0.2) is 4.79 Å². The first-order valence-electron chi connectivity index (χ1n) is 9.51. The molecule has 0 unspecified atom stereocenters. The summed E-state index contributed by atoms with van der Waals surface area (Å²) in [6.07, 6.45) is -5.12. The standard InChI is InChI=1S/C19H27F3N4O3/c1-15-4-2-5-16(12-15)26-10-8-25(9-11-26)7-3-6-23-17(27)13-24-18(28)29-14-19(20,21)22/h2,4-5,12H,3,6-11,13-14H2,1H3,(H,23,27)(H,24,28). The van der Waals surface area contributed by atoms with Crippen molar-refractivity contribution < 1.29 is 27.5 Å². The predicted molar refractivity (Wildman–Crippen MR) is 103 cm³/mol. The summed E-state index contributed by atoms with van der Waals surface area (Å²) in [5, 5.41) is 4.60. The topological polar surface area (TPSA) is 73.9 Å². The van der Waals surface area contributed by atoms with Gasteiger partial charge >= 0.3 is 12.3 Å². The Morgan fingerprint density at radius 3 is 2.52 bits per heavy atom. The number of alkyl halides is 3. The smallest absolute Gasteiger partial charge is 0.422 e. The normalized spacial score (nSPS) is 15.1. The van der Waals surface area contributed by atoms with E-state index in [1.54, 1.807) is 0 Å². The summed E-state index contributed by atoms with van der Waals surface area (Å²) < 4.78 is 39.7. The first-order chi connectivity index (χ1) is 13.7. The van der Waals surface area contributed by atoms with Gasteiger partial charge in [0.2, 0.25) is 5.91 Å². The molecule has 10 heteroatoms. The van der Waals surface area contributed by atoms with E-state index in [0.29, 0.717) is 6.54 Å². The fraction of sp³-hybridized carbons (Fsp3) is 0.579. The van der Waals surface area contributed by atoms with E-state index in [2.05, 4.69) is 51.0 Å². The largest absolute Gasteiger partial charge is 0.440 e. The highest BCUT2D eigenvalue weighted by Crippen LogP contribution is 2.17. The summed E-state index contributed by atoms with van der Waals surface area (Å²) in [5.74, 6) is -0.474. The van der Waals surface area contributed by atoms with Crippen molar-refractivity contribution in [3.63, 3.8) is 0 Å². The van der Waals surface area contributed by atoms with Crippen LogP contribution in [0.4, 0.5) is 23.7 Å². The number of amides is 2. The maximum atomic E-state index is 11.9. The number of nitrogens with zero attached hydrogens (tertiary/aromatic N) is 2. The molecule has 2 amide bonds. The molecule has 0 bridgehead atoms. The molecule has 0 aromatic heterocycles. The number of aryl methyl sites for hydroxylation is 1. The van der Waals surface area contributed by atoms with E-state index in [1.807, 2.05) is 5.32 Å². The molecule has 1 aromatic rings.